The molecule has 2 aromatic carbocycles. The zero-order valence-corrected chi connectivity index (χ0v) is 16.2. The Morgan fingerprint density at radius 3 is 2.29 bits per heavy atom. The van der Waals surface area contributed by atoms with Crippen molar-refractivity contribution in [1.82, 2.24) is 5.32 Å². The smallest absolute Gasteiger partial charge is 0.257 e. The van der Waals surface area contributed by atoms with E-state index in [-0.39, 0.29) is 29.5 Å². The van der Waals surface area contributed by atoms with Gasteiger partial charge in [0.05, 0.1) is 0 Å². The van der Waals surface area contributed by atoms with Crippen LogP contribution < -0.4 is 10.1 Å². The van der Waals surface area contributed by atoms with Gasteiger partial charge in [0, 0.05) is 23.9 Å². The lowest BCUT2D eigenvalue weighted by atomic mass is 9.79. The van der Waals surface area contributed by atoms with Gasteiger partial charge in [-0.05, 0) is 54.8 Å². The highest BCUT2D eigenvalue weighted by molar-refractivity contribution is 5.95. The molecule has 28 heavy (non-hydrogen) atoms. The van der Waals surface area contributed by atoms with Gasteiger partial charge in [0.15, 0.2) is 12.4 Å². The van der Waals surface area contributed by atoms with Crippen LogP contribution in [0.1, 0.15) is 54.9 Å². The topological polar surface area (TPSA) is 55.4 Å². The number of hydrogen-bond acceptors (Lipinski definition) is 3. The quantitative estimate of drug-likeness (QED) is 0.687. The van der Waals surface area contributed by atoms with Crippen molar-refractivity contribution in [3.05, 3.63) is 65.5 Å². The van der Waals surface area contributed by atoms with Crippen molar-refractivity contribution in [2.45, 2.75) is 44.4 Å². The molecule has 4 nitrogen and oxygen atoms in total. The van der Waals surface area contributed by atoms with Gasteiger partial charge in [-0.15, -0.1) is 0 Å². The Labute approximate surface area is 165 Å². The van der Waals surface area contributed by atoms with Crippen LogP contribution in [0.4, 0.5) is 4.39 Å². The first-order chi connectivity index (χ1) is 13.5. The van der Waals surface area contributed by atoms with Crippen molar-refractivity contribution in [3.8, 4) is 5.75 Å². The zero-order chi connectivity index (χ0) is 20.0. The zero-order valence-electron chi connectivity index (χ0n) is 16.2. The molecule has 0 radical (unpaired) electrons. The van der Waals surface area contributed by atoms with Crippen LogP contribution in [-0.2, 0) is 10.2 Å². The number of nitrogens with one attached hydrogen (secondary N) is 1. The SMILES string of the molecule is CCC(=O)c1ccc(OCC(=O)NCC2(c3ccc(F)cc3)CCCC2)cc1. The molecular weight excluding hydrogens is 357 g/mol. The summed E-state index contributed by atoms with van der Waals surface area (Å²) in [5.41, 5.74) is 1.58. The summed E-state index contributed by atoms with van der Waals surface area (Å²) in [7, 11) is 0. The Balaban J connectivity index is 1.54. The van der Waals surface area contributed by atoms with Gasteiger partial charge >= 0.3 is 0 Å². The fourth-order valence-electron chi connectivity index (χ4n) is 3.83. The van der Waals surface area contributed by atoms with Crippen LogP contribution in [0.15, 0.2) is 48.5 Å². The molecule has 0 unspecified atom stereocenters. The first kappa shape index (κ1) is 20.1. The molecule has 0 aromatic heterocycles. The third-order valence-corrected chi connectivity index (χ3v) is 5.51. The van der Waals surface area contributed by atoms with Crippen molar-refractivity contribution >= 4 is 11.7 Å². The number of ether oxygens (including phenoxy) is 1. The Kier molecular flexibility index (Phi) is 6.45. The van der Waals surface area contributed by atoms with Crippen LogP contribution in [0.5, 0.6) is 5.75 Å². The molecule has 0 saturated heterocycles. The lowest BCUT2D eigenvalue weighted by Gasteiger charge is -2.30. The molecule has 1 aliphatic rings. The van der Waals surface area contributed by atoms with E-state index in [9.17, 15) is 14.0 Å². The minimum Gasteiger partial charge on any atom is -0.484 e. The van der Waals surface area contributed by atoms with Gasteiger partial charge in [0.2, 0.25) is 0 Å². The van der Waals surface area contributed by atoms with Crippen LogP contribution in [-0.4, -0.2) is 24.8 Å². The van der Waals surface area contributed by atoms with Gasteiger partial charge in [-0.3, -0.25) is 9.59 Å². The molecule has 2 aromatic rings. The maximum atomic E-state index is 13.3. The van der Waals surface area contributed by atoms with E-state index >= 15 is 0 Å². The van der Waals surface area contributed by atoms with Gasteiger partial charge in [-0.25, -0.2) is 4.39 Å². The number of carbonyl (C=O) groups excluding carboxylic acids is 2. The van der Waals surface area contributed by atoms with Crippen LogP contribution >= 0.6 is 0 Å². The molecule has 1 amide bonds. The van der Waals surface area contributed by atoms with Crippen molar-refractivity contribution < 1.29 is 18.7 Å². The molecule has 148 valence electrons. The Morgan fingerprint density at radius 2 is 1.68 bits per heavy atom. The Morgan fingerprint density at radius 1 is 1.04 bits per heavy atom. The van der Waals surface area contributed by atoms with E-state index in [4.69, 9.17) is 4.74 Å². The Bertz CT molecular complexity index is 809. The van der Waals surface area contributed by atoms with E-state index in [0.29, 0.717) is 24.3 Å². The predicted octanol–water partition coefficient (Wildman–Crippen LogP) is 4.43. The van der Waals surface area contributed by atoms with E-state index < -0.39 is 0 Å². The molecule has 0 atom stereocenters. The van der Waals surface area contributed by atoms with Gasteiger partial charge in [0.25, 0.3) is 5.91 Å². The van der Waals surface area contributed by atoms with Gasteiger partial charge in [0.1, 0.15) is 11.6 Å². The van der Waals surface area contributed by atoms with E-state index in [1.54, 1.807) is 24.3 Å². The van der Waals surface area contributed by atoms with Crippen LogP contribution in [0.25, 0.3) is 0 Å². The maximum Gasteiger partial charge on any atom is 0.257 e. The average molecular weight is 383 g/mol. The number of carbonyl (C=O) groups is 2. The second-order valence-electron chi connectivity index (χ2n) is 7.36. The minimum absolute atomic E-state index is 0.0759. The van der Waals surface area contributed by atoms with Crippen molar-refractivity contribution in [2.75, 3.05) is 13.2 Å². The summed E-state index contributed by atoms with van der Waals surface area (Å²) in [6.07, 6.45) is 4.62. The molecule has 0 aliphatic heterocycles. The molecule has 5 heteroatoms. The van der Waals surface area contributed by atoms with E-state index in [1.807, 2.05) is 19.1 Å². The third-order valence-electron chi connectivity index (χ3n) is 5.51. The molecule has 1 saturated carbocycles. The van der Waals surface area contributed by atoms with Gasteiger partial charge in [-0.1, -0.05) is 31.9 Å². The van der Waals surface area contributed by atoms with Crippen LogP contribution in [0.3, 0.4) is 0 Å². The minimum atomic E-state index is -0.249. The first-order valence-electron chi connectivity index (χ1n) is 9.81. The van der Waals surface area contributed by atoms with E-state index in [1.165, 1.54) is 12.1 Å². The lowest BCUT2D eigenvalue weighted by molar-refractivity contribution is -0.123. The normalized spacial score (nSPS) is 15.2. The maximum absolute atomic E-state index is 13.3. The number of rotatable bonds is 8. The number of Topliss-reactive ketones (excluding diaryl/α,β-unsaturated/α-hetero) is 1. The number of amides is 1. The molecule has 1 fully saturated rings. The van der Waals surface area contributed by atoms with Crippen LogP contribution in [0.2, 0.25) is 0 Å². The molecule has 0 spiro atoms. The molecule has 1 aliphatic carbocycles. The van der Waals surface area contributed by atoms with E-state index in [0.717, 1.165) is 31.2 Å². The summed E-state index contributed by atoms with van der Waals surface area (Å²) in [6.45, 7) is 2.26. The Hall–Kier alpha value is -2.69. The standard InChI is InChI=1S/C23H26FNO3/c1-2-21(26)17-5-11-20(12-6-17)28-15-22(27)25-16-23(13-3-4-14-23)18-7-9-19(24)10-8-18/h5-12H,2-4,13-16H2,1H3,(H,25,27). The number of benzene rings is 2. The summed E-state index contributed by atoms with van der Waals surface area (Å²) in [5.74, 6) is 0.187. The highest BCUT2D eigenvalue weighted by atomic mass is 19.1. The molecular formula is C23H26FNO3. The van der Waals surface area contributed by atoms with E-state index in [2.05, 4.69) is 5.32 Å². The summed E-state index contributed by atoms with van der Waals surface area (Å²) in [5, 5.41) is 2.98. The number of ketones is 1. The van der Waals surface area contributed by atoms with Crippen molar-refractivity contribution in [1.29, 1.82) is 0 Å². The van der Waals surface area contributed by atoms with Crippen LogP contribution in [0, 0.1) is 5.82 Å². The molecule has 1 N–H and O–H groups in total. The number of halogens is 1. The fourth-order valence-corrected chi connectivity index (χ4v) is 3.83. The predicted molar refractivity (Wildman–Crippen MR) is 106 cm³/mol. The lowest BCUT2D eigenvalue weighted by Crippen LogP contribution is -2.40. The average Bonchev–Trinajstić information content (AvgIpc) is 3.21. The third kappa shape index (κ3) is 4.77. The second kappa shape index (κ2) is 9.00. The van der Waals surface area contributed by atoms with Gasteiger partial charge in [-0.2, -0.15) is 0 Å². The fraction of sp³-hybridized carbons (Fsp3) is 0.391. The molecule has 0 heterocycles. The summed E-state index contributed by atoms with van der Waals surface area (Å²) < 4.78 is 18.8. The summed E-state index contributed by atoms with van der Waals surface area (Å²) in [4.78, 5) is 23.9. The first-order valence-corrected chi connectivity index (χ1v) is 9.81. The van der Waals surface area contributed by atoms with Crippen molar-refractivity contribution in [2.24, 2.45) is 0 Å². The number of hydrogen-bond donors (Lipinski definition) is 1. The summed E-state index contributed by atoms with van der Waals surface area (Å²) >= 11 is 0. The molecule has 3 rings (SSSR count). The van der Waals surface area contributed by atoms with Gasteiger partial charge < -0.3 is 10.1 Å². The summed E-state index contributed by atoms with van der Waals surface area (Å²) in [6, 6.07) is 13.4. The highest BCUT2D eigenvalue weighted by Gasteiger charge is 2.35. The van der Waals surface area contributed by atoms with Crippen molar-refractivity contribution in [3.63, 3.8) is 0 Å². The monoisotopic (exact) mass is 383 g/mol. The molecule has 0 bridgehead atoms. The highest BCUT2D eigenvalue weighted by Crippen LogP contribution is 2.40. The largest absolute Gasteiger partial charge is 0.484 e. The second-order valence-corrected chi connectivity index (χ2v) is 7.36.